The third-order valence-corrected chi connectivity index (χ3v) is 5.71. The minimum absolute atomic E-state index is 0.0822. The predicted octanol–water partition coefficient (Wildman–Crippen LogP) is 5.83. The van der Waals surface area contributed by atoms with Crippen molar-refractivity contribution >= 4 is 17.6 Å². The molecule has 0 saturated heterocycles. The molecule has 6 heteroatoms. The van der Waals surface area contributed by atoms with Crippen LogP contribution in [0.4, 0.5) is 0 Å². The Hall–Kier alpha value is -2.89. The fourth-order valence-electron chi connectivity index (χ4n) is 4.15. The van der Waals surface area contributed by atoms with Crippen molar-refractivity contribution in [3.63, 3.8) is 0 Å². The monoisotopic (exact) mass is 437 g/mol. The van der Waals surface area contributed by atoms with Gasteiger partial charge in [-0.05, 0) is 54.3 Å². The smallest absolute Gasteiger partial charge is 0.308 e. The molecule has 2 aromatic carbocycles. The van der Waals surface area contributed by atoms with E-state index in [1.165, 1.54) is 0 Å². The van der Waals surface area contributed by atoms with Gasteiger partial charge in [0.05, 0.1) is 26.2 Å². The van der Waals surface area contributed by atoms with Gasteiger partial charge in [-0.1, -0.05) is 35.9 Å². The molecule has 0 fully saturated rings. The van der Waals surface area contributed by atoms with Crippen LogP contribution >= 0.6 is 11.6 Å². The first-order valence-electron chi connectivity index (χ1n) is 10.2. The van der Waals surface area contributed by atoms with Gasteiger partial charge in [-0.25, -0.2) is 0 Å². The first-order chi connectivity index (χ1) is 15.0. The quantitative estimate of drug-likeness (QED) is 0.470. The van der Waals surface area contributed by atoms with Crippen LogP contribution < -0.4 is 4.74 Å². The topological polar surface area (TPSA) is 57.7 Å². The number of pyridine rings is 1. The summed E-state index contributed by atoms with van der Waals surface area (Å²) in [5, 5.41) is 0.610. The second-order valence-corrected chi connectivity index (χ2v) is 7.84. The van der Waals surface area contributed by atoms with Crippen LogP contribution in [0.15, 0.2) is 54.9 Å². The molecule has 2 atom stereocenters. The Kier molecular flexibility index (Phi) is 6.25. The van der Waals surface area contributed by atoms with Gasteiger partial charge >= 0.3 is 5.97 Å². The van der Waals surface area contributed by atoms with Crippen LogP contribution in [0.2, 0.25) is 5.02 Å². The van der Waals surface area contributed by atoms with E-state index in [4.69, 9.17) is 25.8 Å². The Bertz CT molecular complexity index is 1110. The molecule has 0 amide bonds. The maximum absolute atomic E-state index is 12.4. The molecule has 2 heterocycles. The molecule has 2 unspecified atom stereocenters. The Morgan fingerprint density at radius 1 is 1.13 bits per heavy atom. The second-order valence-electron chi connectivity index (χ2n) is 7.41. The van der Waals surface area contributed by atoms with Crippen LogP contribution in [0.25, 0.3) is 11.1 Å². The number of hydrogen-bond donors (Lipinski definition) is 0. The van der Waals surface area contributed by atoms with Gasteiger partial charge in [0.2, 0.25) is 0 Å². The lowest BCUT2D eigenvalue weighted by Gasteiger charge is -2.25. The van der Waals surface area contributed by atoms with E-state index >= 15 is 0 Å². The number of carbonyl (C=O) groups is 1. The number of rotatable bonds is 5. The first kappa shape index (κ1) is 21.3. The molecule has 31 heavy (non-hydrogen) atoms. The Morgan fingerprint density at radius 2 is 1.94 bits per heavy atom. The van der Waals surface area contributed by atoms with Crippen LogP contribution in [0, 0.1) is 6.92 Å². The van der Waals surface area contributed by atoms with E-state index in [0.717, 1.165) is 39.1 Å². The average molecular weight is 438 g/mol. The lowest BCUT2D eigenvalue weighted by molar-refractivity contribution is -0.147. The molecular formula is C25H24ClNO4. The highest BCUT2D eigenvalue weighted by molar-refractivity contribution is 6.30. The Labute approximate surface area is 186 Å². The number of nitrogens with zero attached hydrogens (tertiary/aromatic N) is 1. The molecular weight excluding hydrogens is 414 g/mol. The van der Waals surface area contributed by atoms with E-state index in [1.54, 1.807) is 26.4 Å². The van der Waals surface area contributed by atoms with Gasteiger partial charge in [0.1, 0.15) is 11.9 Å². The second kappa shape index (κ2) is 9.08. The molecule has 4 rings (SSSR count). The van der Waals surface area contributed by atoms with Gasteiger partial charge in [0.25, 0.3) is 0 Å². The van der Waals surface area contributed by atoms with E-state index in [-0.39, 0.29) is 12.4 Å². The summed E-state index contributed by atoms with van der Waals surface area (Å²) in [6.07, 6.45) is 2.55. The van der Waals surface area contributed by atoms with Crippen LogP contribution in [0.3, 0.4) is 0 Å². The summed E-state index contributed by atoms with van der Waals surface area (Å²) in [4.78, 5) is 16.7. The van der Waals surface area contributed by atoms with E-state index in [1.807, 2.05) is 49.4 Å². The molecule has 0 radical (unpaired) electrons. The SMILES string of the molecule is CCOC(=O)CC1OC(c2cccc(C)c2OC)c2cc(Cl)ccc2-c2ccncc21. The lowest BCUT2D eigenvalue weighted by Crippen LogP contribution is -2.16. The maximum atomic E-state index is 12.4. The summed E-state index contributed by atoms with van der Waals surface area (Å²) in [7, 11) is 1.65. The van der Waals surface area contributed by atoms with Gasteiger partial charge in [-0.3, -0.25) is 9.78 Å². The van der Waals surface area contributed by atoms with Crippen LogP contribution in [-0.2, 0) is 14.3 Å². The number of esters is 1. The number of halogens is 1. The number of methoxy groups -OCH3 is 1. The van der Waals surface area contributed by atoms with Gasteiger partial charge in [-0.15, -0.1) is 0 Å². The minimum atomic E-state index is -0.538. The molecule has 0 saturated carbocycles. The van der Waals surface area contributed by atoms with Crippen molar-refractivity contribution in [3.8, 4) is 16.9 Å². The fourth-order valence-corrected chi connectivity index (χ4v) is 4.33. The first-order valence-corrected chi connectivity index (χ1v) is 10.6. The maximum Gasteiger partial charge on any atom is 0.308 e. The lowest BCUT2D eigenvalue weighted by atomic mass is 9.91. The standard InChI is InChI=1S/C25H24ClNO4/c1-4-30-23(28)13-22-21-14-27-11-10-18(21)17-9-8-16(26)12-20(17)25(31-22)19-7-5-6-15(2)24(19)29-3/h5-12,14,22,25H,4,13H2,1-3H3. The van der Waals surface area contributed by atoms with Crippen molar-refractivity contribution in [3.05, 3.63) is 82.1 Å². The van der Waals surface area contributed by atoms with E-state index in [9.17, 15) is 4.79 Å². The zero-order chi connectivity index (χ0) is 22.0. The third kappa shape index (κ3) is 4.16. The molecule has 1 aliphatic heterocycles. The number of aromatic nitrogens is 1. The van der Waals surface area contributed by atoms with Gasteiger partial charge in [0, 0.05) is 28.5 Å². The molecule has 0 spiro atoms. The summed E-state index contributed by atoms with van der Waals surface area (Å²) in [6, 6.07) is 13.7. The fraction of sp³-hybridized carbons (Fsp3) is 0.280. The molecule has 5 nitrogen and oxygen atoms in total. The number of para-hydroxylation sites is 1. The van der Waals surface area contributed by atoms with Crippen molar-refractivity contribution in [2.45, 2.75) is 32.5 Å². The molecule has 0 N–H and O–H groups in total. The zero-order valence-corrected chi connectivity index (χ0v) is 18.5. The summed E-state index contributed by atoms with van der Waals surface area (Å²) >= 11 is 6.40. The number of hydrogen-bond acceptors (Lipinski definition) is 5. The Morgan fingerprint density at radius 3 is 2.71 bits per heavy atom. The molecule has 160 valence electrons. The summed E-state index contributed by atoms with van der Waals surface area (Å²) < 4.78 is 17.6. The molecule has 1 aromatic heterocycles. The average Bonchev–Trinajstić information content (AvgIpc) is 2.89. The van der Waals surface area contributed by atoms with Crippen molar-refractivity contribution in [1.29, 1.82) is 0 Å². The van der Waals surface area contributed by atoms with Crippen LogP contribution in [0.1, 0.15) is 47.8 Å². The number of aryl methyl sites for hydroxylation is 1. The summed E-state index contributed by atoms with van der Waals surface area (Å²) in [5.41, 5.74) is 5.58. The van der Waals surface area contributed by atoms with Crippen LogP contribution in [-0.4, -0.2) is 24.7 Å². The normalized spacial score (nSPS) is 17.3. The Balaban J connectivity index is 1.93. The molecule has 0 bridgehead atoms. The zero-order valence-electron chi connectivity index (χ0n) is 17.7. The highest BCUT2D eigenvalue weighted by Crippen LogP contribution is 2.47. The van der Waals surface area contributed by atoms with Gasteiger partial charge in [0.15, 0.2) is 0 Å². The molecule has 0 aliphatic carbocycles. The van der Waals surface area contributed by atoms with Gasteiger partial charge < -0.3 is 14.2 Å². The minimum Gasteiger partial charge on any atom is -0.496 e. The van der Waals surface area contributed by atoms with E-state index < -0.39 is 12.2 Å². The van der Waals surface area contributed by atoms with Crippen molar-refractivity contribution in [2.75, 3.05) is 13.7 Å². The largest absolute Gasteiger partial charge is 0.496 e. The molecule has 3 aromatic rings. The predicted molar refractivity (Wildman–Crippen MR) is 119 cm³/mol. The van der Waals surface area contributed by atoms with Crippen molar-refractivity contribution in [2.24, 2.45) is 0 Å². The van der Waals surface area contributed by atoms with Crippen molar-refractivity contribution in [1.82, 2.24) is 4.98 Å². The summed E-state index contributed by atoms with van der Waals surface area (Å²) in [5.74, 6) is 0.429. The number of benzene rings is 2. The third-order valence-electron chi connectivity index (χ3n) is 5.47. The summed E-state index contributed by atoms with van der Waals surface area (Å²) in [6.45, 7) is 4.10. The van der Waals surface area contributed by atoms with Crippen molar-refractivity contribution < 1.29 is 19.0 Å². The van der Waals surface area contributed by atoms with Crippen LogP contribution in [0.5, 0.6) is 5.75 Å². The molecule has 1 aliphatic rings. The highest BCUT2D eigenvalue weighted by Gasteiger charge is 2.33. The number of ether oxygens (including phenoxy) is 3. The highest BCUT2D eigenvalue weighted by atomic mass is 35.5. The van der Waals surface area contributed by atoms with E-state index in [0.29, 0.717) is 11.6 Å². The van der Waals surface area contributed by atoms with Gasteiger partial charge in [-0.2, -0.15) is 0 Å². The van der Waals surface area contributed by atoms with E-state index in [2.05, 4.69) is 4.98 Å². The number of carbonyl (C=O) groups excluding carboxylic acids is 1. The number of fused-ring (bicyclic) bond motifs is 3.